The molecule has 2 aromatic rings. The summed E-state index contributed by atoms with van der Waals surface area (Å²) in [4.78, 5) is 33.7. The summed E-state index contributed by atoms with van der Waals surface area (Å²) in [6, 6.07) is 5.24. The van der Waals surface area contributed by atoms with E-state index in [9.17, 15) is 9.59 Å². The number of hydrogen-bond acceptors (Lipinski definition) is 5. The molecule has 0 radical (unpaired) electrons. The fraction of sp³-hybridized carbons (Fsp3) is 0.294. The SMILES string of the molecule is O=C(OCC(=O)N1CCCC1c1ccc(Cl)c(Cl)c1)c1cnccn1. The molecular weight excluding hydrogens is 365 g/mol. The van der Waals surface area contributed by atoms with Gasteiger partial charge in [-0.15, -0.1) is 0 Å². The van der Waals surface area contributed by atoms with Gasteiger partial charge in [-0.1, -0.05) is 29.3 Å². The number of aromatic nitrogens is 2. The first-order valence-electron chi connectivity index (χ1n) is 7.74. The third-order valence-electron chi connectivity index (χ3n) is 4.00. The van der Waals surface area contributed by atoms with Crippen LogP contribution in [-0.4, -0.2) is 39.9 Å². The van der Waals surface area contributed by atoms with Crippen molar-refractivity contribution in [3.63, 3.8) is 0 Å². The van der Waals surface area contributed by atoms with Gasteiger partial charge in [-0.05, 0) is 30.5 Å². The van der Waals surface area contributed by atoms with Crippen molar-refractivity contribution in [3.05, 3.63) is 58.1 Å². The van der Waals surface area contributed by atoms with Crippen LogP contribution in [0.5, 0.6) is 0 Å². The van der Waals surface area contributed by atoms with Crippen molar-refractivity contribution in [2.75, 3.05) is 13.2 Å². The number of halogens is 2. The molecule has 1 fully saturated rings. The Morgan fingerprint density at radius 3 is 2.80 bits per heavy atom. The van der Waals surface area contributed by atoms with Crippen molar-refractivity contribution in [3.8, 4) is 0 Å². The van der Waals surface area contributed by atoms with E-state index in [0.29, 0.717) is 16.6 Å². The van der Waals surface area contributed by atoms with Gasteiger partial charge in [-0.2, -0.15) is 0 Å². The van der Waals surface area contributed by atoms with Gasteiger partial charge in [0.05, 0.1) is 22.3 Å². The van der Waals surface area contributed by atoms with Crippen molar-refractivity contribution >= 4 is 35.1 Å². The van der Waals surface area contributed by atoms with Crippen LogP contribution in [0.3, 0.4) is 0 Å². The molecule has 0 bridgehead atoms. The van der Waals surface area contributed by atoms with E-state index in [1.54, 1.807) is 17.0 Å². The molecule has 0 saturated carbocycles. The molecule has 3 rings (SSSR count). The van der Waals surface area contributed by atoms with Crippen LogP contribution in [0.15, 0.2) is 36.8 Å². The monoisotopic (exact) mass is 379 g/mol. The van der Waals surface area contributed by atoms with E-state index in [0.717, 1.165) is 18.4 Å². The molecule has 1 aromatic heterocycles. The van der Waals surface area contributed by atoms with Crippen LogP contribution in [-0.2, 0) is 9.53 Å². The van der Waals surface area contributed by atoms with E-state index in [1.807, 2.05) is 6.07 Å². The molecule has 1 aliphatic heterocycles. The second-order valence-corrected chi connectivity index (χ2v) is 6.40. The lowest BCUT2D eigenvalue weighted by Crippen LogP contribution is -2.34. The van der Waals surface area contributed by atoms with E-state index in [1.165, 1.54) is 18.6 Å². The van der Waals surface area contributed by atoms with Gasteiger partial charge in [0.1, 0.15) is 0 Å². The molecule has 0 spiro atoms. The van der Waals surface area contributed by atoms with Gasteiger partial charge in [-0.3, -0.25) is 9.78 Å². The Balaban J connectivity index is 1.64. The minimum Gasteiger partial charge on any atom is -0.451 e. The summed E-state index contributed by atoms with van der Waals surface area (Å²) < 4.78 is 5.05. The summed E-state index contributed by atoms with van der Waals surface area (Å²) >= 11 is 12.0. The number of benzene rings is 1. The standard InChI is InChI=1S/C17H15Cl2N3O3/c18-12-4-3-11(8-13(12)19)15-2-1-7-22(15)16(23)10-25-17(24)14-9-20-5-6-21-14/h3-6,8-9,15H,1-2,7,10H2. The van der Waals surface area contributed by atoms with E-state index in [4.69, 9.17) is 27.9 Å². The first-order valence-corrected chi connectivity index (χ1v) is 8.49. The molecular formula is C17H15Cl2N3O3. The van der Waals surface area contributed by atoms with Gasteiger partial charge in [0.15, 0.2) is 12.3 Å². The normalized spacial score (nSPS) is 16.7. The average Bonchev–Trinajstić information content (AvgIpc) is 3.12. The Morgan fingerprint density at radius 2 is 2.08 bits per heavy atom. The highest BCUT2D eigenvalue weighted by molar-refractivity contribution is 6.42. The number of carbonyl (C=O) groups is 2. The number of ether oxygens (including phenoxy) is 1. The van der Waals surface area contributed by atoms with Crippen LogP contribution in [0, 0.1) is 0 Å². The Labute approximate surface area is 154 Å². The van der Waals surface area contributed by atoms with Gasteiger partial charge < -0.3 is 9.64 Å². The quantitative estimate of drug-likeness (QED) is 0.761. The maximum Gasteiger partial charge on any atom is 0.359 e. The largest absolute Gasteiger partial charge is 0.451 e. The number of nitrogens with zero attached hydrogens (tertiary/aromatic N) is 3. The van der Waals surface area contributed by atoms with Gasteiger partial charge in [0, 0.05) is 18.9 Å². The third kappa shape index (κ3) is 4.08. The van der Waals surface area contributed by atoms with Crippen LogP contribution >= 0.6 is 23.2 Å². The van der Waals surface area contributed by atoms with Crippen LogP contribution in [0.25, 0.3) is 0 Å². The zero-order chi connectivity index (χ0) is 17.8. The van der Waals surface area contributed by atoms with Crippen LogP contribution in [0.1, 0.15) is 34.9 Å². The van der Waals surface area contributed by atoms with Crippen molar-refractivity contribution in [2.24, 2.45) is 0 Å². The number of esters is 1. The second kappa shape index (κ2) is 7.80. The lowest BCUT2D eigenvalue weighted by Gasteiger charge is -2.25. The fourth-order valence-electron chi connectivity index (χ4n) is 2.82. The molecule has 1 aliphatic rings. The third-order valence-corrected chi connectivity index (χ3v) is 4.74. The van der Waals surface area contributed by atoms with Gasteiger partial charge in [-0.25, -0.2) is 9.78 Å². The van der Waals surface area contributed by atoms with Crippen LogP contribution in [0.2, 0.25) is 10.0 Å². The molecule has 1 unspecified atom stereocenters. The van der Waals surface area contributed by atoms with E-state index < -0.39 is 5.97 Å². The molecule has 1 amide bonds. The Hall–Kier alpha value is -2.18. The zero-order valence-corrected chi connectivity index (χ0v) is 14.7. The predicted octanol–water partition coefficient (Wildman–Crippen LogP) is 3.30. The molecule has 1 atom stereocenters. The van der Waals surface area contributed by atoms with Crippen molar-refractivity contribution in [1.82, 2.24) is 14.9 Å². The highest BCUT2D eigenvalue weighted by atomic mass is 35.5. The zero-order valence-electron chi connectivity index (χ0n) is 13.2. The first kappa shape index (κ1) is 17.6. The number of rotatable bonds is 4. The molecule has 25 heavy (non-hydrogen) atoms. The molecule has 1 saturated heterocycles. The van der Waals surface area contributed by atoms with Crippen molar-refractivity contribution in [1.29, 1.82) is 0 Å². The Kier molecular flexibility index (Phi) is 5.50. The molecule has 2 heterocycles. The molecule has 8 heteroatoms. The number of likely N-dealkylation sites (tertiary alicyclic amines) is 1. The molecule has 1 aromatic carbocycles. The fourth-order valence-corrected chi connectivity index (χ4v) is 3.13. The molecule has 130 valence electrons. The lowest BCUT2D eigenvalue weighted by molar-refractivity contribution is -0.135. The Bertz CT molecular complexity index is 786. The maximum absolute atomic E-state index is 12.5. The highest BCUT2D eigenvalue weighted by Crippen LogP contribution is 2.35. The summed E-state index contributed by atoms with van der Waals surface area (Å²) in [5.41, 5.74) is 0.984. The maximum atomic E-state index is 12.5. The summed E-state index contributed by atoms with van der Waals surface area (Å²) in [6.45, 7) is 0.264. The number of carbonyl (C=O) groups excluding carboxylic acids is 2. The van der Waals surface area contributed by atoms with Crippen LogP contribution in [0.4, 0.5) is 0 Å². The van der Waals surface area contributed by atoms with Crippen LogP contribution < -0.4 is 0 Å². The number of hydrogen-bond donors (Lipinski definition) is 0. The summed E-state index contributed by atoms with van der Waals surface area (Å²) in [6.07, 6.45) is 5.82. The predicted molar refractivity (Wildman–Crippen MR) is 92.5 cm³/mol. The summed E-state index contributed by atoms with van der Waals surface area (Å²) in [7, 11) is 0. The molecule has 6 nitrogen and oxygen atoms in total. The van der Waals surface area contributed by atoms with E-state index in [2.05, 4.69) is 9.97 Å². The minimum atomic E-state index is -0.674. The van der Waals surface area contributed by atoms with E-state index >= 15 is 0 Å². The Morgan fingerprint density at radius 1 is 1.24 bits per heavy atom. The molecule has 0 N–H and O–H groups in total. The van der Waals surface area contributed by atoms with Crippen molar-refractivity contribution < 1.29 is 14.3 Å². The smallest absolute Gasteiger partial charge is 0.359 e. The van der Waals surface area contributed by atoms with Gasteiger partial charge in [0.25, 0.3) is 5.91 Å². The first-order chi connectivity index (χ1) is 12.1. The van der Waals surface area contributed by atoms with Gasteiger partial charge >= 0.3 is 5.97 Å². The van der Waals surface area contributed by atoms with Crippen molar-refractivity contribution in [2.45, 2.75) is 18.9 Å². The molecule has 0 aliphatic carbocycles. The lowest BCUT2D eigenvalue weighted by atomic mass is 10.0. The van der Waals surface area contributed by atoms with E-state index in [-0.39, 0.29) is 24.2 Å². The highest BCUT2D eigenvalue weighted by Gasteiger charge is 2.30. The minimum absolute atomic E-state index is 0.0674. The topological polar surface area (TPSA) is 72.4 Å². The second-order valence-electron chi connectivity index (χ2n) is 5.59. The average molecular weight is 380 g/mol. The summed E-state index contributed by atoms with van der Waals surface area (Å²) in [5, 5.41) is 0.923. The summed E-state index contributed by atoms with van der Waals surface area (Å²) in [5.74, 6) is -0.933. The van der Waals surface area contributed by atoms with Gasteiger partial charge in [0.2, 0.25) is 0 Å². The number of amides is 1.